The average Bonchev–Trinajstić information content (AvgIpc) is 2.35. The van der Waals surface area contributed by atoms with Crippen LogP contribution in [0.2, 0.25) is 0 Å². The van der Waals surface area contributed by atoms with Gasteiger partial charge in [0, 0.05) is 31.9 Å². The van der Waals surface area contributed by atoms with E-state index < -0.39 is 0 Å². The van der Waals surface area contributed by atoms with Gasteiger partial charge in [0.2, 0.25) is 0 Å². The van der Waals surface area contributed by atoms with Crippen LogP contribution in [0, 0.1) is 17.2 Å². The maximum atomic E-state index is 11.5. The highest BCUT2D eigenvalue weighted by molar-refractivity contribution is 4.93. The Morgan fingerprint density at radius 1 is 1.53 bits per heavy atom. The van der Waals surface area contributed by atoms with Crippen LogP contribution in [0.5, 0.6) is 0 Å². The van der Waals surface area contributed by atoms with E-state index in [1.54, 1.807) is 22.9 Å². The SMILES string of the molecule is CCN(CCn1ccccc1=O)CC(C)C#N. The predicted octanol–water partition coefficient (Wildman–Crippen LogP) is 1.33. The second kappa shape index (κ2) is 6.87. The predicted molar refractivity (Wildman–Crippen MR) is 67.6 cm³/mol. The molecule has 92 valence electrons. The van der Waals surface area contributed by atoms with Crippen LogP contribution in [-0.2, 0) is 6.54 Å². The van der Waals surface area contributed by atoms with E-state index in [2.05, 4.69) is 17.9 Å². The molecule has 0 radical (unpaired) electrons. The molecular weight excluding hydrogens is 214 g/mol. The Morgan fingerprint density at radius 3 is 2.88 bits per heavy atom. The summed E-state index contributed by atoms with van der Waals surface area (Å²) < 4.78 is 1.69. The fourth-order valence-electron chi connectivity index (χ4n) is 1.70. The molecule has 0 saturated heterocycles. The lowest BCUT2D eigenvalue weighted by molar-refractivity contribution is 0.257. The second-order valence-electron chi connectivity index (χ2n) is 4.16. The topological polar surface area (TPSA) is 49.0 Å². The van der Waals surface area contributed by atoms with Gasteiger partial charge in [-0.2, -0.15) is 5.26 Å². The minimum Gasteiger partial charge on any atom is -0.314 e. The molecule has 1 atom stereocenters. The smallest absolute Gasteiger partial charge is 0.250 e. The molecule has 1 heterocycles. The van der Waals surface area contributed by atoms with Gasteiger partial charge in [-0.1, -0.05) is 13.0 Å². The zero-order valence-corrected chi connectivity index (χ0v) is 10.5. The quantitative estimate of drug-likeness (QED) is 0.744. The first-order valence-electron chi connectivity index (χ1n) is 5.94. The van der Waals surface area contributed by atoms with Gasteiger partial charge in [0.05, 0.1) is 12.0 Å². The number of hydrogen-bond donors (Lipinski definition) is 0. The molecule has 1 rings (SSSR count). The number of hydrogen-bond acceptors (Lipinski definition) is 3. The lowest BCUT2D eigenvalue weighted by Crippen LogP contribution is -2.33. The van der Waals surface area contributed by atoms with Crippen molar-refractivity contribution in [2.75, 3.05) is 19.6 Å². The Hall–Kier alpha value is -1.60. The Balaban J connectivity index is 2.51. The number of aromatic nitrogens is 1. The van der Waals surface area contributed by atoms with E-state index in [1.165, 1.54) is 0 Å². The first-order valence-corrected chi connectivity index (χ1v) is 5.94. The third-order valence-corrected chi connectivity index (χ3v) is 2.76. The van der Waals surface area contributed by atoms with Crippen molar-refractivity contribution < 1.29 is 0 Å². The van der Waals surface area contributed by atoms with Gasteiger partial charge in [-0.05, 0) is 19.5 Å². The maximum Gasteiger partial charge on any atom is 0.250 e. The Kier molecular flexibility index (Phi) is 5.44. The summed E-state index contributed by atoms with van der Waals surface area (Å²) in [4.78, 5) is 13.7. The average molecular weight is 233 g/mol. The third kappa shape index (κ3) is 4.41. The van der Waals surface area contributed by atoms with Gasteiger partial charge in [-0.3, -0.25) is 4.79 Å². The summed E-state index contributed by atoms with van der Waals surface area (Å²) in [7, 11) is 0. The van der Waals surface area contributed by atoms with Gasteiger partial charge >= 0.3 is 0 Å². The van der Waals surface area contributed by atoms with Crippen molar-refractivity contribution in [2.45, 2.75) is 20.4 Å². The Labute approximate surface area is 102 Å². The van der Waals surface area contributed by atoms with Gasteiger partial charge in [-0.25, -0.2) is 0 Å². The number of pyridine rings is 1. The highest BCUT2D eigenvalue weighted by atomic mass is 16.1. The second-order valence-corrected chi connectivity index (χ2v) is 4.16. The molecule has 0 aliphatic heterocycles. The van der Waals surface area contributed by atoms with E-state index in [-0.39, 0.29) is 11.5 Å². The minimum atomic E-state index is 0.0249. The monoisotopic (exact) mass is 233 g/mol. The molecular formula is C13H19N3O. The summed E-state index contributed by atoms with van der Waals surface area (Å²) in [5, 5.41) is 8.78. The zero-order valence-electron chi connectivity index (χ0n) is 10.5. The van der Waals surface area contributed by atoms with E-state index in [0.717, 1.165) is 19.6 Å². The molecule has 0 bridgehead atoms. The van der Waals surface area contributed by atoms with Crippen molar-refractivity contribution in [1.29, 1.82) is 5.26 Å². The number of likely N-dealkylation sites (N-methyl/N-ethyl adjacent to an activating group) is 1. The molecule has 1 aromatic heterocycles. The lowest BCUT2D eigenvalue weighted by Gasteiger charge is -2.21. The standard InChI is InChI=1S/C13H19N3O/c1-3-15(11-12(2)10-14)8-9-16-7-5-4-6-13(16)17/h4-7,12H,3,8-9,11H2,1-2H3. The molecule has 1 aromatic rings. The number of nitriles is 1. The highest BCUT2D eigenvalue weighted by Gasteiger charge is 2.07. The van der Waals surface area contributed by atoms with Crippen LogP contribution < -0.4 is 5.56 Å². The Morgan fingerprint density at radius 2 is 2.29 bits per heavy atom. The molecule has 0 saturated carbocycles. The minimum absolute atomic E-state index is 0.0249. The molecule has 4 nitrogen and oxygen atoms in total. The molecule has 0 aromatic carbocycles. The molecule has 1 unspecified atom stereocenters. The Bertz CT molecular complexity index is 433. The van der Waals surface area contributed by atoms with E-state index in [9.17, 15) is 4.79 Å². The van der Waals surface area contributed by atoms with Crippen molar-refractivity contribution in [2.24, 2.45) is 5.92 Å². The van der Waals surface area contributed by atoms with E-state index in [4.69, 9.17) is 5.26 Å². The van der Waals surface area contributed by atoms with E-state index in [0.29, 0.717) is 6.54 Å². The van der Waals surface area contributed by atoms with Gasteiger partial charge in [-0.15, -0.1) is 0 Å². The molecule has 0 spiro atoms. The first-order chi connectivity index (χ1) is 8.17. The van der Waals surface area contributed by atoms with Crippen molar-refractivity contribution in [3.05, 3.63) is 34.7 Å². The summed E-state index contributed by atoms with van der Waals surface area (Å²) in [5.41, 5.74) is 0.0249. The van der Waals surface area contributed by atoms with Crippen molar-refractivity contribution >= 4 is 0 Å². The summed E-state index contributed by atoms with van der Waals surface area (Å²) in [6.07, 6.45) is 1.80. The van der Waals surface area contributed by atoms with Crippen LogP contribution in [-0.4, -0.2) is 29.1 Å². The molecule has 0 N–H and O–H groups in total. The van der Waals surface area contributed by atoms with Crippen LogP contribution in [0.1, 0.15) is 13.8 Å². The van der Waals surface area contributed by atoms with Crippen molar-refractivity contribution in [3.63, 3.8) is 0 Å². The summed E-state index contributed by atoms with van der Waals surface area (Å²) >= 11 is 0. The first kappa shape index (κ1) is 13.5. The molecule has 0 aliphatic carbocycles. The number of rotatable bonds is 6. The number of nitrogens with zero attached hydrogens (tertiary/aromatic N) is 3. The van der Waals surface area contributed by atoms with Crippen LogP contribution in [0.3, 0.4) is 0 Å². The lowest BCUT2D eigenvalue weighted by atomic mass is 10.2. The van der Waals surface area contributed by atoms with Crippen LogP contribution in [0.25, 0.3) is 0 Å². The van der Waals surface area contributed by atoms with Crippen molar-refractivity contribution in [3.8, 4) is 6.07 Å². The summed E-state index contributed by atoms with van der Waals surface area (Å²) in [6.45, 7) is 7.11. The molecule has 0 fully saturated rings. The van der Waals surface area contributed by atoms with Crippen molar-refractivity contribution in [1.82, 2.24) is 9.47 Å². The van der Waals surface area contributed by atoms with Crippen LogP contribution in [0.4, 0.5) is 0 Å². The summed E-state index contributed by atoms with van der Waals surface area (Å²) in [5.74, 6) is 0.0300. The molecule has 4 heteroatoms. The molecule has 0 aliphatic rings. The van der Waals surface area contributed by atoms with Crippen LogP contribution >= 0.6 is 0 Å². The van der Waals surface area contributed by atoms with Gasteiger partial charge < -0.3 is 9.47 Å². The summed E-state index contributed by atoms with van der Waals surface area (Å²) in [6, 6.07) is 7.39. The van der Waals surface area contributed by atoms with Gasteiger partial charge in [0.25, 0.3) is 5.56 Å². The van der Waals surface area contributed by atoms with Gasteiger partial charge in [0.15, 0.2) is 0 Å². The molecule has 0 amide bonds. The normalized spacial score (nSPS) is 12.4. The fraction of sp³-hybridized carbons (Fsp3) is 0.538. The maximum absolute atomic E-state index is 11.5. The van der Waals surface area contributed by atoms with E-state index >= 15 is 0 Å². The van der Waals surface area contributed by atoms with Gasteiger partial charge in [0.1, 0.15) is 0 Å². The van der Waals surface area contributed by atoms with E-state index in [1.807, 2.05) is 13.0 Å². The highest BCUT2D eigenvalue weighted by Crippen LogP contribution is 1.98. The third-order valence-electron chi connectivity index (χ3n) is 2.76. The largest absolute Gasteiger partial charge is 0.314 e. The zero-order chi connectivity index (χ0) is 12.7. The molecule has 17 heavy (non-hydrogen) atoms. The van der Waals surface area contributed by atoms with Crippen LogP contribution in [0.15, 0.2) is 29.2 Å². The fourth-order valence-corrected chi connectivity index (χ4v) is 1.70.